The third-order valence-electron chi connectivity index (χ3n) is 5.25. The number of ether oxygens (including phenoxy) is 4. The number of aliphatic imine (C=N–C) groups is 1. The Hall–Kier alpha value is -2.46. The molecule has 1 amide bonds. The van der Waals surface area contributed by atoms with Gasteiger partial charge in [0.05, 0.1) is 13.2 Å². The molecule has 178 valence electrons. The molecular weight excluding hydrogens is 492 g/mol. The first kappa shape index (κ1) is 25.2. The van der Waals surface area contributed by atoms with E-state index in [1.807, 2.05) is 48.5 Å². The van der Waals surface area contributed by atoms with Gasteiger partial charge in [0.25, 0.3) is 5.91 Å². The average molecular weight is 521 g/mol. The van der Waals surface area contributed by atoms with E-state index < -0.39 is 11.8 Å². The van der Waals surface area contributed by atoms with E-state index in [1.165, 1.54) is 14.2 Å². The summed E-state index contributed by atoms with van der Waals surface area (Å²) in [7, 11) is 3.03. The van der Waals surface area contributed by atoms with Gasteiger partial charge in [-0.05, 0) is 35.9 Å². The van der Waals surface area contributed by atoms with Crippen LogP contribution >= 0.6 is 15.9 Å². The molecule has 0 aliphatic carbocycles. The van der Waals surface area contributed by atoms with Crippen molar-refractivity contribution in [3.8, 4) is 5.75 Å². The number of nitrogens with zero attached hydrogens (tertiary/aromatic N) is 1. The molecule has 2 aromatic carbocycles. The lowest BCUT2D eigenvalue weighted by Gasteiger charge is -2.25. The van der Waals surface area contributed by atoms with Crippen LogP contribution in [0.5, 0.6) is 5.75 Å². The van der Waals surface area contributed by atoms with Crippen LogP contribution in [0.15, 0.2) is 58.0 Å². The maximum Gasteiger partial charge on any atom is 0.252 e. The largest absolute Gasteiger partial charge is 0.494 e. The summed E-state index contributed by atoms with van der Waals surface area (Å²) in [6.07, 6.45) is 0.368. The van der Waals surface area contributed by atoms with E-state index in [2.05, 4.69) is 21.2 Å². The lowest BCUT2D eigenvalue weighted by Crippen LogP contribution is -2.50. The molecule has 1 heterocycles. The van der Waals surface area contributed by atoms with Crippen molar-refractivity contribution in [2.75, 3.05) is 40.6 Å². The van der Waals surface area contributed by atoms with Gasteiger partial charge < -0.3 is 29.4 Å². The van der Waals surface area contributed by atoms with Crippen LogP contribution in [0.2, 0.25) is 0 Å². The number of carbonyl (C=O) groups is 1. The maximum absolute atomic E-state index is 13.3. The Kier molecular flexibility index (Phi) is 9.25. The molecule has 2 aromatic rings. The Morgan fingerprint density at radius 3 is 2.61 bits per heavy atom. The van der Waals surface area contributed by atoms with E-state index in [4.69, 9.17) is 29.0 Å². The van der Waals surface area contributed by atoms with Crippen molar-refractivity contribution in [2.45, 2.75) is 24.7 Å². The van der Waals surface area contributed by atoms with E-state index in [1.54, 1.807) is 0 Å². The summed E-state index contributed by atoms with van der Waals surface area (Å²) in [5, 5.41) is 11.8. The Labute approximate surface area is 202 Å². The summed E-state index contributed by atoms with van der Waals surface area (Å²) in [5.74, 6) is 0.818. The number of aliphatic hydroxyl groups is 1. The minimum absolute atomic E-state index is 0.0832. The van der Waals surface area contributed by atoms with Crippen molar-refractivity contribution in [2.24, 2.45) is 4.99 Å². The maximum atomic E-state index is 13.3. The molecule has 1 aliphatic heterocycles. The van der Waals surface area contributed by atoms with Crippen molar-refractivity contribution in [3.05, 3.63) is 64.1 Å². The minimum Gasteiger partial charge on any atom is -0.494 e. The van der Waals surface area contributed by atoms with Gasteiger partial charge in [0.1, 0.15) is 12.4 Å². The van der Waals surface area contributed by atoms with E-state index in [9.17, 15) is 4.79 Å². The zero-order valence-electron chi connectivity index (χ0n) is 18.8. The molecule has 0 fully saturated rings. The predicted molar refractivity (Wildman–Crippen MR) is 128 cm³/mol. The van der Waals surface area contributed by atoms with Gasteiger partial charge >= 0.3 is 0 Å². The van der Waals surface area contributed by atoms with Crippen LogP contribution in [0.25, 0.3) is 0 Å². The third kappa shape index (κ3) is 6.54. The molecule has 1 aliphatic rings. The van der Waals surface area contributed by atoms with E-state index in [0.29, 0.717) is 31.1 Å². The summed E-state index contributed by atoms with van der Waals surface area (Å²) in [6.45, 7) is 0.815. The summed E-state index contributed by atoms with van der Waals surface area (Å²) in [6, 6.07) is 15.0. The van der Waals surface area contributed by atoms with Gasteiger partial charge in [-0.15, -0.1) is 0 Å². The van der Waals surface area contributed by atoms with Crippen molar-refractivity contribution >= 4 is 27.7 Å². The molecule has 8 nitrogen and oxygen atoms in total. The number of hydrogen-bond acceptors (Lipinski definition) is 7. The van der Waals surface area contributed by atoms with E-state index >= 15 is 0 Å². The molecular formula is C24H29BrN2O6. The molecule has 3 rings (SSSR count). The summed E-state index contributed by atoms with van der Waals surface area (Å²) >= 11 is 3.56. The van der Waals surface area contributed by atoms with Gasteiger partial charge in [0.15, 0.2) is 11.8 Å². The van der Waals surface area contributed by atoms with Crippen molar-refractivity contribution in [1.82, 2.24) is 5.32 Å². The third-order valence-corrected chi connectivity index (χ3v) is 6.03. The molecule has 2 N–H and O–H groups in total. The van der Waals surface area contributed by atoms with Crippen LogP contribution in [0.4, 0.5) is 0 Å². The lowest BCUT2D eigenvalue weighted by molar-refractivity contribution is -0.132. The fourth-order valence-corrected chi connectivity index (χ4v) is 3.82. The van der Waals surface area contributed by atoms with Crippen LogP contribution in [0.3, 0.4) is 0 Å². The molecule has 0 aromatic heterocycles. The topological polar surface area (TPSA) is 98.6 Å². The number of aliphatic hydroxyl groups excluding tert-OH is 1. The Balaban J connectivity index is 1.83. The van der Waals surface area contributed by atoms with Gasteiger partial charge in [0, 0.05) is 43.7 Å². The molecule has 0 spiro atoms. The summed E-state index contributed by atoms with van der Waals surface area (Å²) in [5.41, 5.74) is 0.559. The Morgan fingerprint density at radius 2 is 1.94 bits per heavy atom. The lowest BCUT2D eigenvalue weighted by atomic mass is 9.91. The number of carbonyl (C=O) groups excluding carboxylic acids is 1. The molecule has 0 unspecified atom stereocenters. The van der Waals surface area contributed by atoms with Crippen LogP contribution in [-0.2, 0) is 25.4 Å². The molecule has 0 saturated carbocycles. The van der Waals surface area contributed by atoms with E-state index in [0.717, 1.165) is 15.6 Å². The highest BCUT2D eigenvalue weighted by molar-refractivity contribution is 9.10. The number of nitrogens with one attached hydrogen (secondary N) is 1. The Morgan fingerprint density at radius 1 is 1.21 bits per heavy atom. The quantitative estimate of drug-likeness (QED) is 0.329. The summed E-state index contributed by atoms with van der Waals surface area (Å²) in [4.78, 5) is 18.1. The van der Waals surface area contributed by atoms with Crippen LogP contribution in [0.1, 0.15) is 17.5 Å². The molecule has 0 bridgehead atoms. The highest BCUT2D eigenvalue weighted by atomic mass is 79.9. The molecule has 0 saturated heterocycles. The highest BCUT2D eigenvalue weighted by Gasteiger charge is 2.45. The fourth-order valence-electron chi connectivity index (χ4n) is 3.39. The number of methoxy groups -OCH3 is 2. The van der Waals surface area contributed by atoms with Gasteiger partial charge in [-0.1, -0.05) is 34.1 Å². The number of halogens is 1. The van der Waals surface area contributed by atoms with Crippen molar-refractivity contribution in [1.29, 1.82) is 0 Å². The number of rotatable bonds is 12. The number of benzene rings is 2. The van der Waals surface area contributed by atoms with Gasteiger partial charge in [-0.25, -0.2) is 4.99 Å². The molecule has 1 atom stereocenters. The van der Waals surface area contributed by atoms with Crippen molar-refractivity contribution < 1.29 is 28.8 Å². The normalized spacial score (nSPS) is 17.5. The number of amides is 1. The Bertz CT molecular complexity index is 948. The van der Waals surface area contributed by atoms with Gasteiger partial charge in [-0.3, -0.25) is 4.79 Å². The first-order chi connectivity index (χ1) is 16.0. The standard InChI is InChI=1S/C24H29BrN2O6/c1-30-21(31-2)15-26-23(29)24(14-18-6-3-4-7-20(18)25)16-33-22(27-24)17-8-10-19(11-9-17)32-13-5-12-28/h3-4,6-11,21,28H,5,12-16H2,1-2H3,(H,26,29)/t24-/m1/s1. The number of hydrogen-bond donors (Lipinski definition) is 2. The average Bonchev–Trinajstić information content (AvgIpc) is 3.27. The van der Waals surface area contributed by atoms with Gasteiger partial charge in [-0.2, -0.15) is 0 Å². The monoisotopic (exact) mass is 520 g/mol. The predicted octanol–water partition coefficient (Wildman–Crippen LogP) is 2.70. The minimum atomic E-state index is -1.14. The molecule has 9 heteroatoms. The van der Waals surface area contributed by atoms with Crippen molar-refractivity contribution in [3.63, 3.8) is 0 Å². The highest BCUT2D eigenvalue weighted by Crippen LogP contribution is 2.30. The van der Waals surface area contributed by atoms with Crippen LogP contribution in [0, 0.1) is 0 Å². The van der Waals surface area contributed by atoms with E-state index in [-0.39, 0.29) is 25.7 Å². The van der Waals surface area contributed by atoms with Crippen LogP contribution < -0.4 is 10.1 Å². The SMILES string of the molecule is COC(CNC(=O)[C@@]1(Cc2ccccc2Br)COC(c2ccc(OCCCO)cc2)=N1)OC. The second-order valence-electron chi connectivity index (χ2n) is 7.57. The second kappa shape index (κ2) is 12.1. The van der Waals surface area contributed by atoms with Crippen LogP contribution in [-0.4, -0.2) is 69.3 Å². The first-order valence-corrected chi connectivity index (χ1v) is 11.4. The zero-order chi connectivity index (χ0) is 23.7. The smallest absolute Gasteiger partial charge is 0.252 e. The summed E-state index contributed by atoms with van der Waals surface area (Å²) < 4.78 is 22.8. The molecule has 0 radical (unpaired) electrons. The first-order valence-electron chi connectivity index (χ1n) is 10.7. The fraction of sp³-hybridized carbons (Fsp3) is 0.417. The zero-order valence-corrected chi connectivity index (χ0v) is 20.3. The van der Waals surface area contributed by atoms with Gasteiger partial charge in [0.2, 0.25) is 5.90 Å². The second-order valence-corrected chi connectivity index (χ2v) is 8.42. The molecule has 33 heavy (non-hydrogen) atoms.